The molecule has 0 spiro atoms. The molecule has 39 heavy (non-hydrogen) atoms. The summed E-state index contributed by atoms with van der Waals surface area (Å²) < 4.78 is 7.78. The van der Waals surface area contributed by atoms with Crippen molar-refractivity contribution in [3.63, 3.8) is 0 Å². The molecule has 0 saturated carbocycles. The number of unbranched alkanes of at least 4 members (excludes halogenated alkanes) is 1. The molecule has 3 aromatic carbocycles. The SMILES string of the molecule is CCCCN(CC(=O)Nc1c(-c2ccccc2)c(C)nn1-c1ccc(OC)cc1)C(=O)Nc1ccccc1Br. The molecule has 2 N–H and O–H groups in total. The summed E-state index contributed by atoms with van der Waals surface area (Å²) in [5, 5.41) is 10.7. The summed E-state index contributed by atoms with van der Waals surface area (Å²) in [6, 6.07) is 24.3. The summed E-state index contributed by atoms with van der Waals surface area (Å²) in [6.07, 6.45) is 1.66. The van der Waals surface area contributed by atoms with E-state index < -0.39 is 0 Å². The molecule has 0 bridgehead atoms. The van der Waals surface area contributed by atoms with Crippen LogP contribution < -0.4 is 15.4 Å². The number of anilines is 2. The molecule has 8 nitrogen and oxygen atoms in total. The molecule has 0 unspecified atom stereocenters. The molecule has 3 amide bonds. The number of amides is 3. The average Bonchev–Trinajstić information content (AvgIpc) is 3.27. The molecule has 1 aromatic heterocycles. The Morgan fingerprint density at radius 2 is 1.67 bits per heavy atom. The van der Waals surface area contributed by atoms with E-state index in [2.05, 4.69) is 26.6 Å². The number of para-hydroxylation sites is 1. The highest BCUT2D eigenvalue weighted by Gasteiger charge is 2.23. The van der Waals surface area contributed by atoms with Crippen LogP contribution in [0.2, 0.25) is 0 Å². The molecular weight excluding hydrogens is 558 g/mol. The summed E-state index contributed by atoms with van der Waals surface area (Å²) in [5.41, 5.74) is 3.92. The van der Waals surface area contributed by atoms with Gasteiger partial charge in [0.05, 0.1) is 24.2 Å². The maximum absolute atomic E-state index is 13.5. The van der Waals surface area contributed by atoms with Crippen molar-refractivity contribution in [3.8, 4) is 22.6 Å². The lowest BCUT2D eigenvalue weighted by Crippen LogP contribution is -2.41. The van der Waals surface area contributed by atoms with Gasteiger partial charge in [-0.2, -0.15) is 5.10 Å². The highest BCUT2D eigenvalue weighted by atomic mass is 79.9. The van der Waals surface area contributed by atoms with Crippen LogP contribution in [0.15, 0.2) is 83.3 Å². The number of aryl methyl sites for hydroxylation is 1. The van der Waals surface area contributed by atoms with Gasteiger partial charge < -0.3 is 20.3 Å². The number of methoxy groups -OCH3 is 1. The minimum atomic E-state index is -0.339. The van der Waals surface area contributed by atoms with E-state index in [1.807, 2.05) is 92.7 Å². The van der Waals surface area contributed by atoms with E-state index in [1.54, 1.807) is 11.8 Å². The summed E-state index contributed by atoms with van der Waals surface area (Å²) in [7, 11) is 1.61. The fourth-order valence-electron chi connectivity index (χ4n) is 4.21. The van der Waals surface area contributed by atoms with E-state index in [-0.39, 0.29) is 18.5 Å². The summed E-state index contributed by atoms with van der Waals surface area (Å²) in [5.74, 6) is 0.940. The smallest absolute Gasteiger partial charge is 0.322 e. The van der Waals surface area contributed by atoms with E-state index in [0.29, 0.717) is 18.1 Å². The van der Waals surface area contributed by atoms with Gasteiger partial charge in [0.2, 0.25) is 5.91 Å². The van der Waals surface area contributed by atoms with E-state index in [4.69, 9.17) is 9.84 Å². The number of aromatic nitrogens is 2. The lowest BCUT2D eigenvalue weighted by molar-refractivity contribution is -0.116. The van der Waals surface area contributed by atoms with Gasteiger partial charge in [-0.3, -0.25) is 4.79 Å². The van der Waals surface area contributed by atoms with Crippen molar-refractivity contribution in [1.29, 1.82) is 0 Å². The Kier molecular flexibility index (Phi) is 9.38. The van der Waals surface area contributed by atoms with Crippen LogP contribution in [0.25, 0.3) is 16.8 Å². The molecule has 4 rings (SSSR count). The third kappa shape index (κ3) is 6.86. The van der Waals surface area contributed by atoms with Crippen molar-refractivity contribution < 1.29 is 14.3 Å². The fourth-order valence-corrected chi connectivity index (χ4v) is 4.59. The zero-order chi connectivity index (χ0) is 27.8. The predicted molar refractivity (Wildman–Crippen MR) is 159 cm³/mol. The first-order valence-electron chi connectivity index (χ1n) is 12.8. The lowest BCUT2D eigenvalue weighted by atomic mass is 10.1. The fraction of sp³-hybridized carbons (Fsp3) is 0.233. The molecule has 1 heterocycles. The molecule has 0 aliphatic carbocycles. The van der Waals surface area contributed by atoms with Crippen LogP contribution >= 0.6 is 15.9 Å². The molecule has 0 atom stereocenters. The van der Waals surface area contributed by atoms with E-state index in [1.165, 1.54) is 4.90 Å². The van der Waals surface area contributed by atoms with Gasteiger partial charge in [0.1, 0.15) is 18.1 Å². The topological polar surface area (TPSA) is 88.5 Å². The highest BCUT2D eigenvalue weighted by Crippen LogP contribution is 2.33. The van der Waals surface area contributed by atoms with Gasteiger partial charge >= 0.3 is 6.03 Å². The zero-order valence-corrected chi connectivity index (χ0v) is 23.9. The van der Waals surface area contributed by atoms with Crippen molar-refractivity contribution in [3.05, 3.63) is 89.0 Å². The van der Waals surface area contributed by atoms with Crippen LogP contribution in [0.1, 0.15) is 25.5 Å². The molecule has 0 aliphatic heterocycles. The van der Waals surface area contributed by atoms with E-state index in [0.717, 1.165) is 45.6 Å². The van der Waals surface area contributed by atoms with Gasteiger partial charge in [0.25, 0.3) is 0 Å². The Bertz CT molecular complexity index is 1420. The summed E-state index contributed by atoms with van der Waals surface area (Å²) in [6.45, 7) is 4.29. The van der Waals surface area contributed by atoms with Crippen molar-refractivity contribution in [2.24, 2.45) is 0 Å². The van der Waals surface area contributed by atoms with Gasteiger partial charge in [-0.15, -0.1) is 0 Å². The van der Waals surface area contributed by atoms with E-state index in [9.17, 15) is 9.59 Å². The largest absolute Gasteiger partial charge is 0.497 e. The van der Waals surface area contributed by atoms with E-state index >= 15 is 0 Å². The second kappa shape index (κ2) is 13.1. The number of urea groups is 1. The van der Waals surface area contributed by atoms with Crippen molar-refractivity contribution in [1.82, 2.24) is 14.7 Å². The van der Waals surface area contributed by atoms with Gasteiger partial charge in [-0.1, -0.05) is 55.8 Å². The third-order valence-corrected chi connectivity index (χ3v) is 6.91. The first-order chi connectivity index (χ1) is 18.9. The van der Waals surface area contributed by atoms with Crippen LogP contribution in [-0.2, 0) is 4.79 Å². The second-order valence-electron chi connectivity index (χ2n) is 9.02. The normalized spacial score (nSPS) is 10.7. The second-order valence-corrected chi connectivity index (χ2v) is 9.87. The van der Waals surface area contributed by atoms with Crippen LogP contribution in [0.5, 0.6) is 5.75 Å². The Balaban J connectivity index is 1.63. The minimum absolute atomic E-state index is 0.114. The lowest BCUT2D eigenvalue weighted by Gasteiger charge is -2.23. The zero-order valence-electron chi connectivity index (χ0n) is 22.3. The van der Waals surface area contributed by atoms with Crippen LogP contribution in [0.3, 0.4) is 0 Å². The van der Waals surface area contributed by atoms with Gasteiger partial charge in [-0.05, 0) is 71.2 Å². The number of nitrogens with one attached hydrogen (secondary N) is 2. The molecule has 0 saturated heterocycles. The number of halogens is 1. The molecule has 4 aromatic rings. The summed E-state index contributed by atoms with van der Waals surface area (Å²) in [4.78, 5) is 28.2. The average molecular weight is 591 g/mol. The monoisotopic (exact) mass is 589 g/mol. The summed E-state index contributed by atoms with van der Waals surface area (Å²) >= 11 is 3.46. The molecule has 0 radical (unpaired) electrons. The Morgan fingerprint density at radius 3 is 2.33 bits per heavy atom. The van der Waals surface area contributed by atoms with Gasteiger partial charge in [0.15, 0.2) is 0 Å². The quantitative estimate of drug-likeness (QED) is 0.211. The van der Waals surface area contributed by atoms with Crippen molar-refractivity contribution in [2.45, 2.75) is 26.7 Å². The van der Waals surface area contributed by atoms with Crippen LogP contribution in [0.4, 0.5) is 16.3 Å². The standard InChI is InChI=1S/C30H32BrN5O3/c1-4-5-19-35(30(38)32-26-14-10-9-13-25(26)31)20-27(37)33-29-28(22-11-7-6-8-12-22)21(2)34-36(29)23-15-17-24(39-3)18-16-23/h6-18H,4-5,19-20H2,1-3H3,(H,32,38)(H,33,37). The number of carbonyl (C=O) groups excluding carboxylic acids is 2. The number of rotatable bonds is 10. The number of benzene rings is 3. The first kappa shape index (κ1) is 27.9. The number of hydrogen-bond acceptors (Lipinski definition) is 4. The number of hydrogen-bond donors (Lipinski definition) is 2. The number of ether oxygens (including phenoxy) is 1. The maximum atomic E-state index is 13.5. The minimum Gasteiger partial charge on any atom is -0.497 e. The van der Waals surface area contributed by atoms with Gasteiger partial charge in [0, 0.05) is 16.6 Å². The molecular formula is C30H32BrN5O3. The van der Waals surface area contributed by atoms with Crippen molar-refractivity contribution in [2.75, 3.05) is 30.8 Å². The Morgan fingerprint density at radius 1 is 0.974 bits per heavy atom. The van der Waals surface area contributed by atoms with Crippen LogP contribution in [0, 0.1) is 6.92 Å². The molecule has 9 heteroatoms. The molecule has 202 valence electrons. The molecule has 0 aliphatic rings. The Hall–Kier alpha value is -4.11. The first-order valence-corrected chi connectivity index (χ1v) is 13.6. The van der Waals surface area contributed by atoms with Gasteiger partial charge in [-0.25, -0.2) is 9.48 Å². The predicted octanol–water partition coefficient (Wildman–Crippen LogP) is 6.89. The highest BCUT2D eigenvalue weighted by molar-refractivity contribution is 9.10. The van der Waals surface area contributed by atoms with Crippen LogP contribution in [-0.4, -0.2) is 46.8 Å². The Labute approximate surface area is 237 Å². The number of nitrogens with zero attached hydrogens (tertiary/aromatic N) is 3. The number of carbonyl (C=O) groups is 2. The van der Waals surface area contributed by atoms with Crippen molar-refractivity contribution >= 4 is 39.4 Å². The third-order valence-electron chi connectivity index (χ3n) is 6.22. The maximum Gasteiger partial charge on any atom is 0.322 e. The molecule has 0 fully saturated rings.